The molecule has 0 saturated carbocycles. The van der Waals surface area contributed by atoms with Gasteiger partial charge < -0.3 is 19.5 Å². The van der Waals surface area contributed by atoms with E-state index in [0.717, 1.165) is 18.1 Å². The molecule has 0 atom stereocenters. The van der Waals surface area contributed by atoms with Crippen LogP contribution < -0.4 is 10.1 Å². The molecule has 0 amide bonds. The highest BCUT2D eigenvalue weighted by Crippen LogP contribution is 2.19. The van der Waals surface area contributed by atoms with E-state index in [1.54, 1.807) is 31.4 Å². The van der Waals surface area contributed by atoms with Gasteiger partial charge in [-0.3, -0.25) is 4.99 Å². The van der Waals surface area contributed by atoms with Crippen LogP contribution in [-0.2, 0) is 20.1 Å². The third-order valence-corrected chi connectivity index (χ3v) is 4.31. The molecule has 7 heteroatoms. The van der Waals surface area contributed by atoms with Crippen molar-refractivity contribution in [2.24, 2.45) is 12.0 Å². The van der Waals surface area contributed by atoms with Crippen LogP contribution >= 0.6 is 0 Å². The Labute approximate surface area is 164 Å². The fraction of sp³-hybridized carbons (Fsp3) is 0.238. The van der Waals surface area contributed by atoms with Crippen LogP contribution in [0.1, 0.15) is 11.3 Å². The van der Waals surface area contributed by atoms with Crippen LogP contribution in [0.5, 0.6) is 11.6 Å². The molecule has 0 saturated heterocycles. The smallest absolute Gasteiger partial charge is 0.219 e. The third kappa shape index (κ3) is 5.09. The van der Waals surface area contributed by atoms with Gasteiger partial charge in [-0.05, 0) is 42.0 Å². The first-order valence-electron chi connectivity index (χ1n) is 8.95. The van der Waals surface area contributed by atoms with Gasteiger partial charge in [-0.1, -0.05) is 6.07 Å². The van der Waals surface area contributed by atoms with Crippen molar-refractivity contribution < 1.29 is 9.13 Å². The maximum atomic E-state index is 12.9. The van der Waals surface area contributed by atoms with E-state index in [4.69, 9.17) is 4.74 Å². The Kier molecular flexibility index (Phi) is 6.26. The van der Waals surface area contributed by atoms with E-state index < -0.39 is 0 Å². The average molecular weight is 381 g/mol. The lowest BCUT2D eigenvalue weighted by Crippen LogP contribution is -2.38. The van der Waals surface area contributed by atoms with Crippen LogP contribution in [0.2, 0.25) is 0 Å². The molecule has 3 aromatic rings. The van der Waals surface area contributed by atoms with Crippen molar-refractivity contribution in [1.82, 2.24) is 19.8 Å². The first-order chi connectivity index (χ1) is 13.5. The first kappa shape index (κ1) is 19.4. The highest BCUT2D eigenvalue weighted by atomic mass is 19.1. The molecule has 0 fully saturated rings. The number of pyridine rings is 1. The number of rotatable bonds is 6. The molecule has 0 unspecified atom stereocenters. The van der Waals surface area contributed by atoms with Crippen molar-refractivity contribution in [3.05, 3.63) is 78.0 Å². The number of ether oxygens (including phenoxy) is 1. The monoisotopic (exact) mass is 381 g/mol. The van der Waals surface area contributed by atoms with Crippen LogP contribution in [0.4, 0.5) is 4.39 Å². The lowest BCUT2D eigenvalue weighted by molar-refractivity contribution is 0.458. The van der Waals surface area contributed by atoms with E-state index in [-0.39, 0.29) is 5.82 Å². The molecule has 6 nitrogen and oxygen atoms in total. The molecule has 3 rings (SSSR count). The second-order valence-corrected chi connectivity index (χ2v) is 6.43. The summed E-state index contributed by atoms with van der Waals surface area (Å²) < 4.78 is 20.6. The van der Waals surface area contributed by atoms with Crippen molar-refractivity contribution in [3.8, 4) is 11.6 Å². The lowest BCUT2D eigenvalue weighted by Gasteiger charge is -2.22. The highest BCUT2D eigenvalue weighted by molar-refractivity contribution is 5.79. The van der Waals surface area contributed by atoms with Crippen molar-refractivity contribution in [1.29, 1.82) is 0 Å². The summed E-state index contributed by atoms with van der Waals surface area (Å²) in [6, 6.07) is 13.7. The highest BCUT2D eigenvalue weighted by Gasteiger charge is 2.08. The second-order valence-electron chi connectivity index (χ2n) is 6.43. The van der Waals surface area contributed by atoms with Gasteiger partial charge in [0.25, 0.3) is 0 Å². The lowest BCUT2D eigenvalue weighted by atomic mass is 10.3. The standard InChI is InChI=1S/C21H24FN5O/c1-23-21(27(3)15-18-5-4-12-26(18)2)25-14-16-6-11-20(24-13-16)28-19-9-7-17(22)8-10-19/h4-13H,14-15H2,1-3H3,(H,23,25). The predicted octanol–water partition coefficient (Wildman–Crippen LogP) is 3.56. The molecule has 2 aromatic heterocycles. The number of halogens is 1. The number of benzene rings is 1. The summed E-state index contributed by atoms with van der Waals surface area (Å²) in [5, 5.41) is 3.34. The van der Waals surface area contributed by atoms with Crippen molar-refractivity contribution in [2.45, 2.75) is 13.1 Å². The van der Waals surface area contributed by atoms with Crippen LogP contribution in [0.3, 0.4) is 0 Å². The van der Waals surface area contributed by atoms with Gasteiger partial charge >= 0.3 is 0 Å². The Morgan fingerprint density at radius 3 is 2.61 bits per heavy atom. The summed E-state index contributed by atoms with van der Waals surface area (Å²) in [5.41, 5.74) is 2.20. The average Bonchev–Trinajstić information content (AvgIpc) is 3.10. The van der Waals surface area contributed by atoms with Gasteiger partial charge in [0, 0.05) is 51.8 Å². The molecular formula is C21H24FN5O. The number of hydrogen-bond acceptors (Lipinski definition) is 3. The minimum atomic E-state index is -0.299. The van der Waals surface area contributed by atoms with Crippen LogP contribution in [0.15, 0.2) is 65.9 Å². The van der Waals surface area contributed by atoms with Gasteiger partial charge in [0.15, 0.2) is 5.96 Å². The number of nitrogens with one attached hydrogen (secondary N) is 1. The summed E-state index contributed by atoms with van der Waals surface area (Å²) in [6.07, 6.45) is 3.77. The Bertz CT molecular complexity index is 919. The minimum Gasteiger partial charge on any atom is -0.439 e. The van der Waals surface area contributed by atoms with E-state index >= 15 is 0 Å². The van der Waals surface area contributed by atoms with E-state index in [2.05, 4.69) is 30.8 Å². The van der Waals surface area contributed by atoms with Gasteiger partial charge in [0.2, 0.25) is 5.88 Å². The number of aliphatic imine (C=N–C) groups is 1. The van der Waals surface area contributed by atoms with Gasteiger partial charge in [-0.15, -0.1) is 0 Å². The predicted molar refractivity (Wildman–Crippen MR) is 108 cm³/mol. The molecule has 2 heterocycles. The molecule has 0 bridgehead atoms. The Morgan fingerprint density at radius 1 is 1.21 bits per heavy atom. The van der Waals surface area contributed by atoms with Gasteiger partial charge in [-0.2, -0.15) is 0 Å². The van der Waals surface area contributed by atoms with Crippen LogP contribution in [0, 0.1) is 5.82 Å². The second kappa shape index (κ2) is 9.03. The third-order valence-electron chi connectivity index (χ3n) is 4.31. The summed E-state index contributed by atoms with van der Waals surface area (Å²) in [4.78, 5) is 10.7. The van der Waals surface area contributed by atoms with Gasteiger partial charge in [-0.25, -0.2) is 9.37 Å². The molecule has 0 radical (unpaired) electrons. The van der Waals surface area contributed by atoms with E-state index in [0.29, 0.717) is 18.2 Å². The van der Waals surface area contributed by atoms with E-state index in [9.17, 15) is 4.39 Å². The van der Waals surface area contributed by atoms with Crippen molar-refractivity contribution in [3.63, 3.8) is 0 Å². The molecule has 28 heavy (non-hydrogen) atoms. The normalized spacial score (nSPS) is 11.4. The van der Waals surface area contributed by atoms with E-state index in [1.165, 1.54) is 17.8 Å². The quantitative estimate of drug-likeness (QED) is 0.524. The SMILES string of the molecule is CN=C(NCc1ccc(Oc2ccc(F)cc2)nc1)N(C)Cc1cccn1C. The number of hydrogen-bond donors (Lipinski definition) is 1. The molecule has 146 valence electrons. The van der Waals surface area contributed by atoms with Gasteiger partial charge in [0.05, 0.1) is 6.54 Å². The van der Waals surface area contributed by atoms with E-state index in [1.807, 2.05) is 32.4 Å². The molecule has 1 aromatic carbocycles. The zero-order chi connectivity index (χ0) is 19.9. The fourth-order valence-electron chi connectivity index (χ4n) is 2.74. The number of guanidine groups is 1. The maximum absolute atomic E-state index is 12.9. The zero-order valence-electron chi connectivity index (χ0n) is 16.3. The Morgan fingerprint density at radius 2 is 2.00 bits per heavy atom. The topological polar surface area (TPSA) is 54.7 Å². The number of aromatic nitrogens is 2. The number of aryl methyl sites for hydroxylation is 1. The fourth-order valence-corrected chi connectivity index (χ4v) is 2.74. The first-order valence-corrected chi connectivity index (χ1v) is 8.95. The van der Waals surface area contributed by atoms with Crippen molar-refractivity contribution >= 4 is 5.96 Å². The molecule has 0 aliphatic carbocycles. The minimum absolute atomic E-state index is 0.299. The summed E-state index contributed by atoms with van der Waals surface area (Å²) in [5.74, 6) is 1.50. The largest absolute Gasteiger partial charge is 0.439 e. The number of nitrogens with zero attached hydrogens (tertiary/aromatic N) is 4. The molecule has 0 aliphatic rings. The maximum Gasteiger partial charge on any atom is 0.219 e. The molecule has 0 aliphatic heterocycles. The Balaban J connectivity index is 1.54. The zero-order valence-corrected chi connectivity index (χ0v) is 16.3. The molecular weight excluding hydrogens is 357 g/mol. The molecule has 0 spiro atoms. The molecule has 1 N–H and O–H groups in total. The van der Waals surface area contributed by atoms with Crippen LogP contribution in [-0.4, -0.2) is 34.5 Å². The summed E-state index contributed by atoms with van der Waals surface area (Å²) >= 11 is 0. The van der Waals surface area contributed by atoms with Crippen LogP contribution in [0.25, 0.3) is 0 Å². The summed E-state index contributed by atoms with van der Waals surface area (Å²) in [6.45, 7) is 1.35. The summed E-state index contributed by atoms with van der Waals surface area (Å²) in [7, 11) is 5.79. The van der Waals surface area contributed by atoms with Gasteiger partial charge in [0.1, 0.15) is 11.6 Å². The van der Waals surface area contributed by atoms with Crippen molar-refractivity contribution in [2.75, 3.05) is 14.1 Å². The Hall–Kier alpha value is -3.35.